The molecule has 90 valence electrons. The summed E-state index contributed by atoms with van der Waals surface area (Å²) in [5.74, 6) is -0.673. The summed E-state index contributed by atoms with van der Waals surface area (Å²) < 4.78 is 6.71. The van der Waals surface area contributed by atoms with Crippen molar-refractivity contribution in [3.63, 3.8) is 0 Å². The van der Waals surface area contributed by atoms with Gasteiger partial charge in [-0.2, -0.15) is 0 Å². The summed E-state index contributed by atoms with van der Waals surface area (Å²) in [6, 6.07) is 3.24. The molecule has 1 heterocycles. The number of fused-ring (bicyclic) bond motifs is 1. The topological polar surface area (TPSA) is 52.2 Å². The maximum Gasteiger partial charge on any atom is 0.422 e. The van der Waals surface area contributed by atoms with Crippen LogP contribution in [0, 0.1) is 0 Å². The lowest BCUT2D eigenvalue weighted by molar-refractivity contribution is 0.415. The highest BCUT2D eigenvalue weighted by Gasteiger charge is 2.12. The first-order valence-corrected chi connectivity index (χ1v) is 6.24. The number of halogens is 2. The van der Waals surface area contributed by atoms with Gasteiger partial charge in [0.05, 0.1) is 15.9 Å². The summed E-state index contributed by atoms with van der Waals surface area (Å²) in [6.45, 7) is 2.39. The van der Waals surface area contributed by atoms with Crippen molar-refractivity contribution in [2.45, 2.75) is 19.9 Å². The van der Waals surface area contributed by atoms with Gasteiger partial charge in [-0.05, 0) is 18.6 Å². The van der Waals surface area contributed by atoms with Gasteiger partial charge in [0, 0.05) is 11.0 Å². The van der Waals surface area contributed by atoms with Crippen molar-refractivity contribution in [2.24, 2.45) is 0 Å². The average molecular weight is 319 g/mol. The van der Waals surface area contributed by atoms with Crippen molar-refractivity contribution in [1.82, 2.24) is 4.57 Å². The summed E-state index contributed by atoms with van der Waals surface area (Å²) in [4.78, 5) is 23.2. The summed E-state index contributed by atoms with van der Waals surface area (Å²) in [6.07, 6.45) is 0.745. The third kappa shape index (κ3) is 2.17. The molecule has 2 aromatic rings. The number of benzene rings is 1. The molecule has 0 saturated carbocycles. The van der Waals surface area contributed by atoms with Gasteiger partial charge in [-0.15, -0.1) is 0 Å². The fraction of sp³-hybridized carbons (Fsp3) is 0.273. The first-order valence-electron chi connectivity index (χ1n) is 5.07. The lowest BCUT2D eigenvalue weighted by atomic mass is 10.2. The Morgan fingerprint density at radius 2 is 2.12 bits per heavy atom. The molecule has 0 bridgehead atoms. The molecule has 0 unspecified atom stereocenters. The molecule has 1 aromatic heterocycles. The number of rotatable bonds is 2. The first kappa shape index (κ1) is 12.4. The fourth-order valence-corrected chi connectivity index (χ4v) is 2.61. The van der Waals surface area contributed by atoms with Crippen LogP contribution < -0.4 is 11.4 Å². The zero-order valence-electron chi connectivity index (χ0n) is 9.00. The third-order valence-corrected chi connectivity index (χ3v) is 3.11. The quantitative estimate of drug-likeness (QED) is 0.855. The van der Waals surface area contributed by atoms with E-state index >= 15 is 0 Å². The van der Waals surface area contributed by atoms with Crippen LogP contribution in [-0.2, 0) is 6.54 Å². The minimum atomic E-state index is -0.673. The zero-order chi connectivity index (χ0) is 12.6. The number of aromatic nitrogens is 1. The van der Waals surface area contributed by atoms with Crippen molar-refractivity contribution in [3.8, 4) is 0 Å². The monoisotopic (exact) mass is 317 g/mol. The van der Waals surface area contributed by atoms with Crippen LogP contribution in [0.1, 0.15) is 13.3 Å². The van der Waals surface area contributed by atoms with Crippen LogP contribution >= 0.6 is 27.5 Å². The second-order valence-corrected chi connectivity index (χ2v) is 4.91. The van der Waals surface area contributed by atoms with Crippen molar-refractivity contribution in [3.05, 3.63) is 42.6 Å². The Bertz CT molecular complexity index is 689. The smallest absolute Gasteiger partial charge is 0.372 e. The average Bonchev–Trinajstić information content (AvgIpc) is 2.24. The molecule has 0 radical (unpaired) electrons. The van der Waals surface area contributed by atoms with E-state index in [4.69, 9.17) is 11.6 Å². The Balaban J connectivity index is 3.00. The van der Waals surface area contributed by atoms with E-state index in [1.54, 1.807) is 12.1 Å². The van der Waals surface area contributed by atoms with Crippen LogP contribution in [0.2, 0.25) is 5.02 Å². The lowest BCUT2D eigenvalue weighted by Gasteiger charge is -2.08. The molecule has 0 amide bonds. The van der Waals surface area contributed by atoms with Crippen LogP contribution in [0.4, 0.5) is 0 Å². The Morgan fingerprint density at radius 3 is 2.76 bits per heavy atom. The molecule has 2 rings (SSSR count). The summed E-state index contributed by atoms with van der Waals surface area (Å²) in [5, 5.41) is 0.658. The van der Waals surface area contributed by atoms with E-state index in [1.165, 1.54) is 4.57 Å². The van der Waals surface area contributed by atoms with Crippen LogP contribution in [0.15, 0.2) is 30.6 Å². The summed E-state index contributed by atoms with van der Waals surface area (Å²) in [7, 11) is 0. The number of nitrogens with zero attached hydrogens (tertiary/aromatic N) is 1. The van der Waals surface area contributed by atoms with Crippen LogP contribution in [0.5, 0.6) is 0 Å². The third-order valence-electron chi connectivity index (χ3n) is 2.37. The molecule has 0 aliphatic carbocycles. The van der Waals surface area contributed by atoms with Crippen molar-refractivity contribution in [1.29, 1.82) is 0 Å². The standard InChI is InChI=1S/C11H9BrClNO3/c1-2-3-14-9-7(10(15)17-11(14)16)4-6(12)5-8(9)13/h4-5H,2-3H2,1H3. The van der Waals surface area contributed by atoms with E-state index in [0.717, 1.165) is 6.42 Å². The Kier molecular flexibility index (Phi) is 3.40. The molecule has 17 heavy (non-hydrogen) atoms. The molecule has 0 aliphatic rings. The normalized spacial score (nSPS) is 11.0. The maximum atomic E-state index is 11.6. The predicted molar refractivity (Wildman–Crippen MR) is 69.7 cm³/mol. The van der Waals surface area contributed by atoms with Crippen LogP contribution in [0.25, 0.3) is 10.9 Å². The van der Waals surface area contributed by atoms with E-state index < -0.39 is 11.4 Å². The van der Waals surface area contributed by atoms with Crippen LogP contribution in [-0.4, -0.2) is 4.57 Å². The lowest BCUT2D eigenvalue weighted by Crippen LogP contribution is -2.25. The highest BCUT2D eigenvalue weighted by Crippen LogP contribution is 2.25. The van der Waals surface area contributed by atoms with Gasteiger partial charge < -0.3 is 4.42 Å². The molecule has 6 heteroatoms. The van der Waals surface area contributed by atoms with Gasteiger partial charge in [0.15, 0.2) is 0 Å². The molecule has 0 N–H and O–H groups in total. The molecule has 0 fully saturated rings. The van der Waals surface area contributed by atoms with Gasteiger partial charge in [0.25, 0.3) is 0 Å². The SMILES string of the molecule is CCCn1c(=O)oc(=O)c2cc(Br)cc(Cl)c21. The van der Waals surface area contributed by atoms with Gasteiger partial charge in [-0.25, -0.2) is 9.59 Å². The number of hydrogen-bond donors (Lipinski definition) is 0. The second kappa shape index (κ2) is 4.66. The largest absolute Gasteiger partial charge is 0.422 e. The second-order valence-electron chi connectivity index (χ2n) is 3.59. The van der Waals surface area contributed by atoms with Gasteiger partial charge >= 0.3 is 11.4 Å². The summed E-state index contributed by atoms with van der Waals surface area (Å²) >= 11 is 9.32. The number of aryl methyl sites for hydroxylation is 1. The number of hydrogen-bond acceptors (Lipinski definition) is 3. The molecular formula is C11H9BrClNO3. The minimum absolute atomic E-state index is 0.303. The molecule has 4 nitrogen and oxygen atoms in total. The van der Waals surface area contributed by atoms with E-state index in [0.29, 0.717) is 26.9 Å². The van der Waals surface area contributed by atoms with Crippen LogP contribution in [0.3, 0.4) is 0 Å². The molecule has 0 saturated heterocycles. The zero-order valence-corrected chi connectivity index (χ0v) is 11.3. The fourth-order valence-electron chi connectivity index (χ4n) is 1.70. The van der Waals surface area contributed by atoms with Gasteiger partial charge in [-0.1, -0.05) is 34.5 Å². The Morgan fingerprint density at radius 1 is 1.41 bits per heavy atom. The minimum Gasteiger partial charge on any atom is -0.372 e. The van der Waals surface area contributed by atoms with E-state index in [2.05, 4.69) is 20.3 Å². The molecule has 0 atom stereocenters. The molecular weight excluding hydrogens is 309 g/mol. The van der Waals surface area contributed by atoms with E-state index in [9.17, 15) is 9.59 Å². The van der Waals surface area contributed by atoms with Crippen molar-refractivity contribution in [2.75, 3.05) is 0 Å². The first-order chi connectivity index (χ1) is 8.04. The Labute approximate surface area is 110 Å². The van der Waals surface area contributed by atoms with Gasteiger partial charge in [0.2, 0.25) is 0 Å². The highest BCUT2D eigenvalue weighted by atomic mass is 79.9. The van der Waals surface area contributed by atoms with Crippen molar-refractivity contribution >= 4 is 38.4 Å². The van der Waals surface area contributed by atoms with E-state index in [1.807, 2.05) is 6.92 Å². The van der Waals surface area contributed by atoms with Gasteiger partial charge in [-0.3, -0.25) is 4.57 Å². The highest BCUT2D eigenvalue weighted by molar-refractivity contribution is 9.10. The predicted octanol–water partition coefficient (Wildman–Crippen LogP) is 2.78. The van der Waals surface area contributed by atoms with Gasteiger partial charge in [0.1, 0.15) is 0 Å². The molecule has 0 spiro atoms. The maximum absolute atomic E-state index is 11.6. The molecule has 0 aliphatic heterocycles. The summed E-state index contributed by atoms with van der Waals surface area (Å²) in [5.41, 5.74) is -0.237. The van der Waals surface area contributed by atoms with Crippen molar-refractivity contribution < 1.29 is 4.42 Å². The molecule has 1 aromatic carbocycles. The Hall–Kier alpha value is -1.07. The van der Waals surface area contributed by atoms with E-state index in [-0.39, 0.29) is 0 Å².